The predicted octanol–water partition coefficient (Wildman–Crippen LogP) is 1.88. The van der Waals surface area contributed by atoms with Gasteiger partial charge in [0.25, 0.3) is 0 Å². The van der Waals surface area contributed by atoms with Crippen LogP contribution in [0.4, 0.5) is 14.6 Å². The summed E-state index contributed by atoms with van der Waals surface area (Å²) >= 11 is 0. The van der Waals surface area contributed by atoms with Gasteiger partial charge >= 0.3 is 25.4 Å². The molecular formula is C17H24F2N3O8P. The van der Waals surface area contributed by atoms with E-state index in [9.17, 15) is 22.9 Å². The number of alkyl halides is 2. The fraction of sp³-hybridized carbons (Fsp3) is 0.706. The van der Waals surface area contributed by atoms with Gasteiger partial charge in [-0.3, -0.25) is 22.9 Å². The van der Waals surface area contributed by atoms with Gasteiger partial charge in [0, 0.05) is 6.20 Å². The van der Waals surface area contributed by atoms with Crippen molar-refractivity contribution in [2.45, 2.75) is 57.7 Å². The van der Waals surface area contributed by atoms with E-state index in [4.69, 9.17) is 28.8 Å². The van der Waals surface area contributed by atoms with Crippen LogP contribution in [0.1, 0.15) is 33.4 Å². The number of nitrogens with zero attached hydrogens (tertiary/aromatic N) is 2. The number of phosphoric acid groups is 1. The second-order valence-corrected chi connectivity index (χ2v) is 9.14. The maximum Gasteiger partial charge on any atom is 0.475 e. The Morgan fingerprint density at radius 2 is 2.16 bits per heavy atom. The van der Waals surface area contributed by atoms with Crippen LogP contribution in [0.15, 0.2) is 17.1 Å². The van der Waals surface area contributed by atoms with Gasteiger partial charge in [-0.2, -0.15) is 13.8 Å². The van der Waals surface area contributed by atoms with Crippen LogP contribution in [0.2, 0.25) is 0 Å². The molecule has 1 aromatic heterocycles. The van der Waals surface area contributed by atoms with Crippen LogP contribution in [0.25, 0.3) is 0 Å². The standard InChI is InChI=1S/C17H24F2N3O8P/c1-9(2)28-14(23)10(3)5-7-26-31(25)27-8-11-13(30-31)17(18,19)15(29-11)22-6-4-12(20)21-16(22)24/h4,6,9-11,13,15H,5,7-8H2,1-3H3,(H2,20,21,24)/t10-,11-,13?,15-,31?/m1/s1. The van der Waals surface area contributed by atoms with Gasteiger partial charge in [-0.15, -0.1) is 0 Å². The van der Waals surface area contributed by atoms with Crippen molar-refractivity contribution < 1.29 is 41.2 Å². The summed E-state index contributed by atoms with van der Waals surface area (Å²) in [6.07, 6.45) is -4.49. The van der Waals surface area contributed by atoms with E-state index in [2.05, 4.69) is 4.98 Å². The van der Waals surface area contributed by atoms with Crippen LogP contribution < -0.4 is 11.4 Å². The number of hydrogen-bond acceptors (Lipinski definition) is 10. The minimum atomic E-state index is -4.35. The number of rotatable bonds is 7. The number of carbonyl (C=O) groups excluding carboxylic acids is 1. The SMILES string of the molecule is CC(C)OC(=O)[C@H](C)CCOP1(=O)OC[C@H]2O[C@@H](n3ccc(N)nc3=O)C(F)(F)C2O1. The van der Waals surface area contributed by atoms with Gasteiger partial charge in [-0.05, 0) is 26.3 Å². The molecule has 14 heteroatoms. The number of aromatic nitrogens is 2. The van der Waals surface area contributed by atoms with E-state index >= 15 is 0 Å². The highest BCUT2D eigenvalue weighted by Gasteiger charge is 2.65. The summed E-state index contributed by atoms with van der Waals surface area (Å²) in [5, 5.41) is 0. The average Bonchev–Trinajstić information content (AvgIpc) is 2.91. The minimum absolute atomic E-state index is 0.110. The summed E-state index contributed by atoms with van der Waals surface area (Å²) in [6, 6.07) is 1.17. The smallest absolute Gasteiger partial charge is 0.463 e. The van der Waals surface area contributed by atoms with E-state index in [1.807, 2.05) is 0 Å². The number of anilines is 1. The number of carbonyl (C=O) groups is 1. The first-order chi connectivity index (χ1) is 14.4. The molecule has 2 aliphatic heterocycles. The zero-order chi connectivity index (χ0) is 23.0. The van der Waals surface area contributed by atoms with Crippen LogP contribution in [0.5, 0.6) is 0 Å². The highest BCUT2D eigenvalue weighted by Crippen LogP contribution is 2.59. The van der Waals surface area contributed by atoms with Crippen molar-refractivity contribution in [1.29, 1.82) is 0 Å². The van der Waals surface area contributed by atoms with E-state index in [-0.39, 0.29) is 24.9 Å². The molecule has 0 aliphatic carbocycles. The maximum absolute atomic E-state index is 15.0. The maximum atomic E-state index is 15.0. The Hall–Kier alpha value is -1.92. The lowest BCUT2D eigenvalue weighted by Gasteiger charge is -2.31. The number of halogens is 2. The fourth-order valence-electron chi connectivity index (χ4n) is 3.05. The lowest BCUT2D eigenvalue weighted by Crippen LogP contribution is -2.45. The third kappa shape index (κ3) is 5.12. The number of hydrogen-bond donors (Lipinski definition) is 1. The summed E-state index contributed by atoms with van der Waals surface area (Å²) in [5.74, 6) is -4.92. The molecule has 0 radical (unpaired) electrons. The summed E-state index contributed by atoms with van der Waals surface area (Å²) in [5.41, 5.74) is 4.34. The van der Waals surface area contributed by atoms with Crippen molar-refractivity contribution >= 4 is 19.6 Å². The van der Waals surface area contributed by atoms with Crippen LogP contribution in [0, 0.1) is 5.92 Å². The van der Waals surface area contributed by atoms with E-state index in [0.29, 0.717) is 4.57 Å². The van der Waals surface area contributed by atoms with Crippen LogP contribution >= 0.6 is 7.82 Å². The molecule has 1 aromatic rings. The van der Waals surface area contributed by atoms with Crippen molar-refractivity contribution in [2.75, 3.05) is 18.9 Å². The highest BCUT2D eigenvalue weighted by molar-refractivity contribution is 7.48. The Morgan fingerprint density at radius 3 is 2.81 bits per heavy atom. The van der Waals surface area contributed by atoms with Crippen molar-refractivity contribution in [2.24, 2.45) is 5.92 Å². The van der Waals surface area contributed by atoms with Crippen molar-refractivity contribution in [3.8, 4) is 0 Å². The zero-order valence-corrected chi connectivity index (χ0v) is 18.0. The molecule has 2 saturated heterocycles. The van der Waals surface area contributed by atoms with E-state index in [1.54, 1.807) is 20.8 Å². The van der Waals surface area contributed by atoms with Gasteiger partial charge in [0.1, 0.15) is 11.9 Å². The number of nitrogens with two attached hydrogens (primary N) is 1. The van der Waals surface area contributed by atoms with E-state index in [0.717, 1.165) is 6.20 Å². The Morgan fingerprint density at radius 1 is 1.45 bits per heavy atom. The third-order valence-electron chi connectivity index (χ3n) is 4.65. The molecule has 0 bridgehead atoms. The Kier molecular flexibility index (Phi) is 6.82. The number of fused-ring (bicyclic) bond motifs is 1. The molecule has 174 valence electrons. The molecule has 2 unspecified atom stereocenters. The minimum Gasteiger partial charge on any atom is -0.463 e. The molecule has 0 aromatic carbocycles. The molecule has 2 aliphatic rings. The van der Waals surface area contributed by atoms with Gasteiger partial charge in [0.05, 0.1) is 25.2 Å². The average molecular weight is 467 g/mol. The molecule has 3 heterocycles. The normalized spacial score (nSPS) is 30.7. The largest absolute Gasteiger partial charge is 0.475 e. The molecule has 3 rings (SSSR count). The Balaban J connectivity index is 1.64. The van der Waals surface area contributed by atoms with Crippen LogP contribution in [-0.4, -0.2) is 53.0 Å². The van der Waals surface area contributed by atoms with Crippen LogP contribution in [-0.2, 0) is 32.4 Å². The predicted molar refractivity (Wildman–Crippen MR) is 101 cm³/mol. The van der Waals surface area contributed by atoms with Gasteiger partial charge in [0.15, 0.2) is 6.10 Å². The zero-order valence-electron chi connectivity index (χ0n) is 17.1. The summed E-state index contributed by atoms with van der Waals surface area (Å²) < 4.78 is 68.6. The number of esters is 1. The summed E-state index contributed by atoms with van der Waals surface area (Å²) in [4.78, 5) is 27.1. The van der Waals surface area contributed by atoms with Crippen LogP contribution in [0.3, 0.4) is 0 Å². The first kappa shape index (κ1) is 23.7. The first-order valence-electron chi connectivity index (χ1n) is 9.59. The Labute approximate surface area is 176 Å². The monoisotopic (exact) mass is 467 g/mol. The molecule has 0 spiro atoms. The van der Waals surface area contributed by atoms with E-state index < -0.39 is 56.4 Å². The lowest BCUT2D eigenvalue weighted by atomic mass is 10.1. The molecule has 2 fully saturated rings. The van der Waals surface area contributed by atoms with Gasteiger partial charge in [-0.1, -0.05) is 6.92 Å². The number of nitrogen functional groups attached to an aromatic ring is 1. The molecule has 2 N–H and O–H groups in total. The molecule has 31 heavy (non-hydrogen) atoms. The Bertz CT molecular complexity index is 927. The molecular weight excluding hydrogens is 443 g/mol. The van der Waals surface area contributed by atoms with Crippen molar-refractivity contribution in [3.63, 3.8) is 0 Å². The molecule has 5 atom stereocenters. The molecule has 11 nitrogen and oxygen atoms in total. The molecule has 0 saturated carbocycles. The van der Waals surface area contributed by atoms with E-state index in [1.165, 1.54) is 6.07 Å². The second-order valence-electron chi connectivity index (χ2n) is 7.52. The lowest BCUT2D eigenvalue weighted by molar-refractivity contribution is -0.152. The van der Waals surface area contributed by atoms with Crippen molar-refractivity contribution in [1.82, 2.24) is 9.55 Å². The molecule has 0 amide bonds. The summed E-state index contributed by atoms with van der Waals surface area (Å²) in [6.45, 7) is 4.23. The van der Waals surface area contributed by atoms with Gasteiger partial charge in [0.2, 0.25) is 6.23 Å². The number of ether oxygens (including phenoxy) is 2. The number of phosphoric ester groups is 1. The summed E-state index contributed by atoms with van der Waals surface area (Å²) in [7, 11) is -4.35. The topological polar surface area (TPSA) is 141 Å². The first-order valence-corrected chi connectivity index (χ1v) is 11.0. The van der Waals surface area contributed by atoms with Gasteiger partial charge < -0.3 is 15.2 Å². The second kappa shape index (κ2) is 8.91. The quantitative estimate of drug-likeness (QED) is 0.467. The third-order valence-corrected chi connectivity index (χ3v) is 6.10. The van der Waals surface area contributed by atoms with Crippen molar-refractivity contribution in [3.05, 3.63) is 22.7 Å². The fourth-order valence-corrected chi connectivity index (χ4v) is 4.45. The highest BCUT2D eigenvalue weighted by atomic mass is 31.2. The van der Waals surface area contributed by atoms with Gasteiger partial charge in [-0.25, -0.2) is 9.36 Å².